The molecule has 4 heteroatoms. The molecule has 0 saturated heterocycles. The minimum atomic E-state index is 0.0558. The van der Waals surface area contributed by atoms with Crippen molar-refractivity contribution in [2.24, 2.45) is 0 Å². The highest BCUT2D eigenvalue weighted by molar-refractivity contribution is 5.56. The second kappa shape index (κ2) is 4.54. The van der Waals surface area contributed by atoms with Gasteiger partial charge in [0.2, 0.25) is 5.88 Å². The topological polar surface area (TPSA) is 52.1 Å². The summed E-state index contributed by atoms with van der Waals surface area (Å²) in [5.74, 6) is 0.497. The summed E-state index contributed by atoms with van der Waals surface area (Å²) in [7, 11) is 0. The Morgan fingerprint density at radius 2 is 2.38 bits per heavy atom. The molecule has 0 aliphatic carbocycles. The molecule has 0 aromatic carbocycles. The van der Waals surface area contributed by atoms with Gasteiger partial charge < -0.3 is 9.53 Å². The van der Waals surface area contributed by atoms with Gasteiger partial charge in [0.25, 0.3) is 0 Å². The maximum absolute atomic E-state index is 10.3. The predicted molar refractivity (Wildman–Crippen MR) is 47.6 cm³/mol. The summed E-state index contributed by atoms with van der Waals surface area (Å²) in [5.41, 5.74) is 0.728. The first-order valence-corrected chi connectivity index (χ1v) is 4.13. The minimum absolute atomic E-state index is 0.0558. The zero-order chi connectivity index (χ0) is 9.68. The van der Waals surface area contributed by atoms with E-state index < -0.39 is 0 Å². The summed E-state index contributed by atoms with van der Waals surface area (Å²) in [4.78, 5) is 18.1. The Morgan fingerprint density at radius 3 is 3.00 bits per heavy atom. The highest BCUT2D eigenvalue weighted by Crippen LogP contribution is 2.14. The zero-order valence-electron chi connectivity index (χ0n) is 7.73. The number of aromatic nitrogens is 2. The van der Waals surface area contributed by atoms with E-state index in [-0.39, 0.29) is 6.10 Å². The van der Waals surface area contributed by atoms with Gasteiger partial charge in [0.05, 0.1) is 6.10 Å². The first-order chi connectivity index (χ1) is 6.24. The number of aldehydes is 1. The van der Waals surface area contributed by atoms with Crippen LogP contribution in [0.4, 0.5) is 0 Å². The predicted octanol–water partition coefficient (Wildman–Crippen LogP) is 1.01. The van der Waals surface area contributed by atoms with Crippen LogP contribution in [0.1, 0.15) is 19.4 Å². The fraction of sp³-hybridized carbons (Fsp3) is 0.444. The van der Waals surface area contributed by atoms with Crippen molar-refractivity contribution in [3.8, 4) is 5.88 Å². The van der Waals surface area contributed by atoms with Crippen molar-refractivity contribution in [2.45, 2.75) is 26.4 Å². The van der Waals surface area contributed by atoms with Gasteiger partial charge in [0, 0.05) is 18.2 Å². The molecule has 0 N–H and O–H groups in total. The van der Waals surface area contributed by atoms with Gasteiger partial charge in [-0.1, -0.05) is 0 Å². The van der Waals surface area contributed by atoms with Crippen LogP contribution < -0.4 is 4.74 Å². The Labute approximate surface area is 77.0 Å². The number of ether oxygens (including phenoxy) is 1. The van der Waals surface area contributed by atoms with Crippen LogP contribution in [-0.2, 0) is 11.2 Å². The van der Waals surface area contributed by atoms with Crippen LogP contribution in [0.25, 0.3) is 0 Å². The normalized spacial score (nSPS) is 10.1. The molecule has 1 heterocycles. The van der Waals surface area contributed by atoms with Gasteiger partial charge in [0.15, 0.2) is 0 Å². The molecule has 0 spiro atoms. The Morgan fingerprint density at radius 1 is 1.62 bits per heavy atom. The monoisotopic (exact) mass is 180 g/mol. The Balaban J connectivity index is 2.83. The fourth-order valence-electron chi connectivity index (χ4n) is 0.906. The van der Waals surface area contributed by atoms with Crippen molar-refractivity contribution in [1.82, 2.24) is 9.97 Å². The highest BCUT2D eigenvalue weighted by Gasteiger charge is 2.05. The summed E-state index contributed by atoms with van der Waals surface area (Å²) in [6, 6.07) is 0. The zero-order valence-corrected chi connectivity index (χ0v) is 7.73. The Kier molecular flexibility index (Phi) is 3.37. The lowest BCUT2D eigenvalue weighted by molar-refractivity contribution is -0.107. The molecule has 1 aromatic rings. The van der Waals surface area contributed by atoms with Crippen LogP contribution in [0.3, 0.4) is 0 Å². The number of hydrogen-bond acceptors (Lipinski definition) is 4. The smallest absolute Gasteiger partial charge is 0.220 e. The van der Waals surface area contributed by atoms with Crippen LogP contribution in [0, 0.1) is 0 Å². The standard InChI is InChI=1S/C9H12N2O2/c1-7(2)13-9-8(3-4-12)5-10-6-11-9/h4-7H,3H2,1-2H3. The maximum atomic E-state index is 10.3. The number of carbonyl (C=O) groups is 1. The van der Waals surface area contributed by atoms with Crippen molar-refractivity contribution in [3.05, 3.63) is 18.1 Å². The largest absolute Gasteiger partial charge is 0.475 e. The first kappa shape index (κ1) is 9.64. The fourth-order valence-corrected chi connectivity index (χ4v) is 0.906. The van der Waals surface area contributed by atoms with Crippen LogP contribution in [-0.4, -0.2) is 22.4 Å². The molecule has 0 radical (unpaired) electrons. The van der Waals surface area contributed by atoms with Crippen molar-refractivity contribution >= 4 is 6.29 Å². The molecule has 0 aliphatic rings. The SMILES string of the molecule is CC(C)Oc1ncncc1CC=O. The van der Waals surface area contributed by atoms with E-state index in [9.17, 15) is 4.79 Å². The van der Waals surface area contributed by atoms with Gasteiger partial charge in [0.1, 0.15) is 12.6 Å². The summed E-state index contributed by atoms with van der Waals surface area (Å²) in [6.45, 7) is 3.82. The van der Waals surface area contributed by atoms with E-state index in [1.54, 1.807) is 6.20 Å². The van der Waals surface area contributed by atoms with E-state index in [1.165, 1.54) is 6.33 Å². The summed E-state index contributed by atoms with van der Waals surface area (Å²) in [6.07, 6.45) is 4.17. The average Bonchev–Trinajstić information content (AvgIpc) is 2.08. The molecule has 0 atom stereocenters. The van der Waals surface area contributed by atoms with Crippen LogP contribution in [0.5, 0.6) is 5.88 Å². The molecule has 0 bridgehead atoms. The Hall–Kier alpha value is -1.45. The molecule has 0 unspecified atom stereocenters. The molecule has 0 amide bonds. The molecule has 13 heavy (non-hydrogen) atoms. The van der Waals surface area contributed by atoms with Crippen molar-refractivity contribution in [2.75, 3.05) is 0 Å². The van der Waals surface area contributed by atoms with Gasteiger partial charge in [-0.15, -0.1) is 0 Å². The molecular formula is C9H12N2O2. The van der Waals surface area contributed by atoms with E-state index in [0.717, 1.165) is 11.8 Å². The summed E-state index contributed by atoms with van der Waals surface area (Å²) >= 11 is 0. The molecule has 0 fully saturated rings. The van der Waals surface area contributed by atoms with Crippen LogP contribution in [0.2, 0.25) is 0 Å². The number of hydrogen-bond donors (Lipinski definition) is 0. The molecule has 70 valence electrons. The van der Waals surface area contributed by atoms with Gasteiger partial charge in [-0.2, -0.15) is 0 Å². The molecule has 1 aromatic heterocycles. The van der Waals surface area contributed by atoms with Gasteiger partial charge in [-0.05, 0) is 13.8 Å². The lowest BCUT2D eigenvalue weighted by Gasteiger charge is -2.10. The van der Waals surface area contributed by atoms with Crippen LogP contribution >= 0.6 is 0 Å². The first-order valence-electron chi connectivity index (χ1n) is 4.13. The lowest BCUT2D eigenvalue weighted by atomic mass is 10.2. The van der Waals surface area contributed by atoms with Gasteiger partial charge in [-0.25, -0.2) is 9.97 Å². The molecule has 0 aliphatic heterocycles. The molecular weight excluding hydrogens is 168 g/mol. The third kappa shape index (κ3) is 2.82. The second-order valence-corrected chi connectivity index (χ2v) is 2.89. The van der Waals surface area contributed by atoms with Crippen molar-refractivity contribution in [3.63, 3.8) is 0 Å². The number of carbonyl (C=O) groups excluding carboxylic acids is 1. The number of nitrogens with zero attached hydrogens (tertiary/aromatic N) is 2. The minimum Gasteiger partial charge on any atom is -0.475 e. The van der Waals surface area contributed by atoms with Crippen LogP contribution in [0.15, 0.2) is 12.5 Å². The third-order valence-corrected chi connectivity index (χ3v) is 1.40. The van der Waals surface area contributed by atoms with Gasteiger partial charge >= 0.3 is 0 Å². The maximum Gasteiger partial charge on any atom is 0.220 e. The average molecular weight is 180 g/mol. The molecule has 1 rings (SSSR count). The molecule has 4 nitrogen and oxygen atoms in total. The highest BCUT2D eigenvalue weighted by atomic mass is 16.5. The van der Waals surface area contributed by atoms with Crippen molar-refractivity contribution < 1.29 is 9.53 Å². The van der Waals surface area contributed by atoms with E-state index in [2.05, 4.69) is 9.97 Å². The number of rotatable bonds is 4. The summed E-state index contributed by atoms with van der Waals surface area (Å²) in [5, 5.41) is 0. The second-order valence-electron chi connectivity index (χ2n) is 2.89. The summed E-state index contributed by atoms with van der Waals surface area (Å²) < 4.78 is 5.39. The van der Waals surface area contributed by atoms with E-state index in [0.29, 0.717) is 12.3 Å². The van der Waals surface area contributed by atoms with E-state index in [1.807, 2.05) is 13.8 Å². The third-order valence-electron chi connectivity index (χ3n) is 1.40. The quantitative estimate of drug-likeness (QED) is 0.649. The van der Waals surface area contributed by atoms with E-state index in [4.69, 9.17) is 4.74 Å². The van der Waals surface area contributed by atoms with Crippen molar-refractivity contribution in [1.29, 1.82) is 0 Å². The molecule has 0 saturated carbocycles. The Bertz CT molecular complexity index is 287. The lowest BCUT2D eigenvalue weighted by Crippen LogP contribution is -2.09. The van der Waals surface area contributed by atoms with E-state index >= 15 is 0 Å². The van der Waals surface area contributed by atoms with Gasteiger partial charge in [-0.3, -0.25) is 0 Å².